The summed E-state index contributed by atoms with van der Waals surface area (Å²) in [6.45, 7) is 6.39. The lowest BCUT2D eigenvalue weighted by molar-refractivity contribution is -0.137. The van der Waals surface area contributed by atoms with Crippen LogP contribution >= 0.6 is 0 Å². The molecule has 1 N–H and O–H groups in total. The van der Waals surface area contributed by atoms with Gasteiger partial charge in [-0.25, -0.2) is 0 Å². The summed E-state index contributed by atoms with van der Waals surface area (Å²) >= 11 is 0. The Morgan fingerprint density at radius 3 is 2.41 bits per heavy atom. The minimum atomic E-state index is -0.405. The summed E-state index contributed by atoms with van der Waals surface area (Å²) in [5.74, 6) is 0.517. The molecule has 0 atom stereocenters. The SMILES string of the molecule is CCOc1ccccc1NC1=C(c2ccc(OC(C)C)cc2)C(=O)N(Cc2cccnc2)C1=O. The lowest BCUT2D eigenvalue weighted by atomic mass is 10.0. The Hall–Kier alpha value is -4.13. The average molecular weight is 458 g/mol. The van der Waals surface area contributed by atoms with Crippen LogP contribution in [-0.2, 0) is 16.1 Å². The number of ether oxygens (including phenoxy) is 2. The van der Waals surface area contributed by atoms with Crippen LogP contribution in [0.15, 0.2) is 78.8 Å². The van der Waals surface area contributed by atoms with E-state index in [-0.39, 0.29) is 24.3 Å². The Morgan fingerprint density at radius 1 is 0.971 bits per heavy atom. The highest BCUT2D eigenvalue weighted by Crippen LogP contribution is 2.34. The lowest BCUT2D eigenvalue weighted by Gasteiger charge is -2.16. The maximum absolute atomic E-state index is 13.5. The first-order valence-corrected chi connectivity index (χ1v) is 11.2. The molecule has 0 saturated carbocycles. The van der Waals surface area contributed by atoms with E-state index in [9.17, 15) is 9.59 Å². The molecular weight excluding hydrogens is 430 g/mol. The Bertz CT molecular complexity index is 1200. The molecule has 2 amide bonds. The standard InChI is InChI=1S/C27H27N3O4/c1-4-33-23-10-6-5-9-22(23)29-25-24(20-11-13-21(14-12-20)34-18(2)3)26(31)30(27(25)32)17-19-8-7-15-28-16-19/h5-16,18,29H,4,17H2,1-3H3. The van der Waals surface area contributed by atoms with Crippen LogP contribution < -0.4 is 14.8 Å². The monoisotopic (exact) mass is 457 g/mol. The summed E-state index contributed by atoms with van der Waals surface area (Å²) in [5, 5.41) is 3.18. The molecule has 2 heterocycles. The van der Waals surface area contributed by atoms with Crippen LogP contribution in [0.1, 0.15) is 31.9 Å². The van der Waals surface area contributed by atoms with Crippen molar-refractivity contribution in [3.8, 4) is 11.5 Å². The molecule has 0 saturated heterocycles. The van der Waals surface area contributed by atoms with Crippen LogP contribution in [0.25, 0.3) is 5.57 Å². The summed E-state index contributed by atoms with van der Waals surface area (Å²) in [4.78, 5) is 32.3. The average Bonchev–Trinajstić information content (AvgIpc) is 3.05. The van der Waals surface area contributed by atoms with E-state index >= 15 is 0 Å². The number of amides is 2. The number of hydrogen-bond acceptors (Lipinski definition) is 6. The molecule has 0 radical (unpaired) electrons. The van der Waals surface area contributed by atoms with Gasteiger partial charge in [0.2, 0.25) is 0 Å². The number of hydrogen-bond donors (Lipinski definition) is 1. The van der Waals surface area contributed by atoms with Crippen LogP contribution in [0, 0.1) is 0 Å². The molecule has 34 heavy (non-hydrogen) atoms. The highest BCUT2D eigenvalue weighted by Gasteiger charge is 2.39. The van der Waals surface area contributed by atoms with Gasteiger partial charge in [-0.1, -0.05) is 30.3 Å². The molecule has 0 fully saturated rings. The summed E-state index contributed by atoms with van der Waals surface area (Å²) < 4.78 is 11.4. The van der Waals surface area contributed by atoms with Crippen molar-refractivity contribution in [2.75, 3.05) is 11.9 Å². The van der Waals surface area contributed by atoms with E-state index in [0.29, 0.717) is 34.9 Å². The van der Waals surface area contributed by atoms with Gasteiger partial charge in [-0.15, -0.1) is 0 Å². The fraction of sp³-hybridized carbons (Fsp3) is 0.222. The summed E-state index contributed by atoms with van der Waals surface area (Å²) in [6.07, 6.45) is 3.33. The molecule has 4 rings (SSSR count). The normalized spacial score (nSPS) is 13.6. The first kappa shape index (κ1) is 23.0. The first-order valence-electron chi connectivity index (χ1n) is 11.2. The Balaban J connectivity index is 1.73. The van der Waals surface area contributed by atoms with E-state index in [1.165, 1.54) is 4.90 Å². The molecule has 174 valence electrons. The van der Waals surface area contributed by atoms with Crippen LogP contribution in [0.4, 0.5) is 5.69 Å². The minimum Gasteiger partial charge on any atom is -0.492 e. The molecule has 3 aromatic rings. The number of imide groups is 1. The van der Waals surface area contributed by atoms with E-state index in [1.54, 1.807) is 42.7 Å². The first-order chi connectivity index (χ1) is 16.5. The van der Waals surface area contributed by atoms with E-state index in [2.05, 4.69) is 10.3 Å². The quantitative estimate of drug-likeness (QED) is 0.471. The number of nitrogens with one attached hydrogen (secondary N) is 1. The third-order valence-corrected chi connectivity index (χ3v) is 5.19. The molecule has 2 aromatic carbocycles. The van der Waals surface area contributed by atoms with Crippen LogP contribution in [-0.4, -0.2) is 34.4 Å². The van der Waals surface area contributed by atoms with Gasteiger partial charge in [-0.05, 0) is 62.2 Å². The predicted octanol–water partition coefficient (Wildman–Crippen LogP) is 4.66. The molecule has 7 nitrogen and oxygen atoms in total. The third kappa shape index (κ3) is 4.93. The number of para-hydroxylation sites is 2. The van der Waals surface area contributed by atoms with Gasteiger partial charge in [0.05, 0.1) is 30.5 Å². The number of aromatic nitrogens is 1. The van der Waals surface area contributed by atoms with Crippen molar-refractivity contribution in [2.45, 2.75) is 33.4 Å². The van der Waals surface area contributed by atoms with Gasteiger partial charge in [-0.2, -0.15) is 0 Å². The molecule has 1 aromatic heterocycles. The zero-order valence-electron chi connectivity index (χ0n) is 19.4. The molecule has 0 unspecified atom stereocenters. The Kier molecular flexibility index (Phi) is 6.92. The summed E-state index contributed by atoms with van der Waals surface area (Å²) in [7, 11) is 0. The number of carbonyl (C=O) groups excluding carboxylic acids is 2. The van der Waals surface area contributed by atoms with E-state index in [4.69, 9.17) is 9.47 Å². The van der Waals surface area contributed by atoms with Gasteiger partial charge in [0.1, 0.15) is 17.2 Å². The maximum Gasteiger partial charge on any atom is 0.278 e. The topological polar surface area (TPSA) is 80.8 Å². The minimum absolute atomic E-state index is 0.0297. The molecule has 0 aliphatic carbocycles. The highest BCUT2D eigenvalue weighted by molar-refractivity contribution is 6.36. The fourth-order valence-electron chi connectivity index (χ4n) is 3.74. The molecular formula is C27H27N3O4. The molecule has 0 bridgehead atoms. The molecule has 0 spiro atoms. The number of rotatable bonds is 9. The highest BCUT2D eigenvalue weighted by atomic mass is 16.5. The van der Waals surface area contributed by atoms with Crippen molar-refractivity contribution in [3.05, 3.63) is 89.9 Å². The van der Waals surface area contributed by atoms with Gasteiger partial charge in [0, 0.05) is 12.4 Å². The zero-order chi connectivity index (χ0) is 24.1. The van der Waals surface area contributed by atoms with Gasteiger partial charge in [0.25, 0.3) is 11.8 Å². The van der Waals surface area contributed by atoms with Gasteiger partial charge < -0.3 is 14.8 Å². The number of nitrogens with zero attached hydrogens (tertiary/aromatic N) is 2. The fourth-order valence-corrected chi connectivity index (χ4v) is 3.74. The van der Waals surface area contributed by atoms with Crippen molar-refractivity contribution in [2.24, 2.45) is 0 Å². The van der Waals surface area contributed by atoms with Crippen LogP contribution in [0.3, 0.4) is 0 Å². The summed E-state index contributed by atoms with van der Waals surface area (Å²) in [5.41, 5.74) is 2.51. The number of pyridine rings is 1. The largest absolute Gasteiger partial charge is 0.492 e. The van der Waals surface area contributed by atoms with Crippen LogP contribution in [0.5, 0.6) is 11.5 Å². The smallest absolute Gasteiger partial charge is 0.278 e. The molecule has 1 aliphatic rings. The Morgan fingerprint density at radius 2 is 1.74 bits per heavy atom. The van der Waals surface area contributed by atoms with Crippen molar-refractivity contribution in [3.63, 3.8) is 0 Å². The van der Waals surface area contributed by atoms with Crippen molar-refractivity contribution in [1.29, 1.82) is 0 Å². The third-order valence-electron chi connectivity index (χ3n) is 5.19. The maximum atomic E-state index is 13.5. The van der Waals surface area contributed by atoms with E-state index in [1.807, 2.05) is 51.1 Å². The summed E-state index contributed by atoms with van der Waals surface area (Å²) in [6, 6.07) is 18.1. The number of anilines is 1. The van der Waals surface area contributed by atoms with Gasteiger partial charge in [-0.3, -0.25) is 19.5 Å². The van der Waals surface area contributed by atoms with E-state index in [0.717, 1.165) is 5.56 Å². The molecule has 7 heteroatoms. The second-order valence-corrected chi connectivity index (χ2v) is 8.05. The van der Waals surface area contributed by atoms with Crippen LogP contribution in [0.2, 0.25) is 0 Å². The van der Waals surface area contributed by atoms with Crippen molar-refractivity contribution in [1.82, 2.24) is 9.88 Å². The van der Waals surface area contributed by atoms with E-state index < -0.39 is 5.91 Å². The Labute approximate surface area is 199 Å². The van der Waals surface area contributed by atoms with Gasteiger partial charge in [0.15, 0.2) is 0 Å². The number of carbonyl (C=O) groups is 2. The predicted molar refractivity (Wildman–Crippen MR) is 130 cm³/mol. The van der Waals surface area contributed by atoms with Crippen molar-refractivity contribution >= 4 is 23.1 Å². The second kappa shape index (κ2) is 10.2. The second-order valence-electron chi connectivity index (χ2n) is 8.05. The lowest BCUT2D eigenvalue weighted by Crippen LogP contribution is -2.32. The van der Waals surface area contributed by atoms with Gasteiger partial charge >= 0.3 is 0 Å². The zero-order valence-corrected chi connectivity index (χ0v) is 19.4. The molecule has 1 aliphatic heterocycles. The number of benzene rings is 2. The van der Waals surface area contributed by atoms with Crippen molar-refractivity contribution < 1.29 is 19.1 Å².